The molecule has 0 fully saturated rings. The van der Waals surface area contributed by atoms with E-state index >= 15 is 0 Å². The number of benzene rings is 1. The van der Waals surface area contributed by atoms with E-state index in [1.807, 2.05) is 13.0 Å². The molecule has 1 amide bonds. The molecule has 1 aromatic rings. The van der Waals surface area contributed by atoms with Crippen LogP contribution < -0.4 is 5.32 Å². The number of carbonyl (C=O) groups excluding carboxylic acids is 2. The van der Waals surface area contributed by atoms with Crippen molar-refractivity contribution < 1.29 is 14.4 Å². The summed E-state index contributed by atoms with van der Waals surface area (Å²) < 4.78 is 0. The largest absolute Gasteiger partial charge is 0.437 e. The molecule has 5 nitrogen and oxygen atoms in total. The molecular formula is C16H15ClN2O3. The van der Waals surface area contributed by atoms with E-state index < -0.39 is 6.09 Å². The molecule has 0 radical (unpaired) electrons. The maximum absolute atomic E-state index is 11.7. The number of hydrogen-bond acceptors (Lipinski definition) is 4. The van der Waals surface area contributed by atoms with Crippen LogP contribution in [0.3, 0.4) is 0 Å². The molecule has 0 saturated carbocycles. The fourth-order valence-corrected chi connectivity index (χ4v) is 2.21. The Kier molecular flexibility index (Phi) is 4.78. The number of Topliss-reactive ketones (excluding diaryl/α,β-unsaturated/α-hetero) is 1. The van der Waals surface area contributed by atoms with Crippen LogP contribution in [-0.2, 0) is 9.63 Å². The topological polar surface area (TPSA) is 67.8 Å². The Hall–Kier alpha value is -2.40. The molecule has 0 aromatic heterocycles. The summed E-state index contributed by atoms with van der Waals surface area (Å²) in [5, 5.41) is 6.63. The third kappa shape index (κ3) is 3.83. The van der Waals surface area contributed by atoms with Crippen LogP contribution in [0.1, 0.15) is 19.4 Å². The maximum Gasteiger partial charge on any atom is 0.437 e. The number of ketones is 1. The maximum atomic E-state index is 11.7. The van der Waals surface area contributed by atoms with Crippen LogP contribution in [-0.4, -0.2) is 17.6 Å². The summed E-state index contributed by atoms with van der Waals surface area (Å²) in [6, 6.07) is 5.23. The molecule has 22 heavy (non-hydrogen) atoms. The number of nitrogens with zero attached hydrogens (tertiary/aromatic N) is 1. The van der Waals surface area contributed by atoms with Crippen molar-refractivity contribution in [2.45, 2.75) is 20.8 Å². The highest BCUT2D eigenvalue weighted by Crippen LogP contribution is 2.22. The zero-order chi connectivity index (χ0) is 16.3. The predicted molar refractivity (Wildman–Crippen MR) is 86.2 cm³/mol. The van der Waals surface area contributed by atoms with Crippen LogP contribution in [0.15, 0.2) is 46.7 Å². The second-order valence-corrected chi connectivity index (χ2v) is 5.39. The summed E-state index contributed by atoms with van der Waals surface area (Å²) in [6.07, 6.45) is 2.36. The number of rotatable bonds is 2. The number of carbonyl (C=O) groups is 2. The first-order valence-corrected chi connectivity index (χ1v) is 6.98. The molecule has 0 atom stereocenters. The fraction of sp³-hybridized carbons (Fsp3) is 0.188. The molecule has 1 aliphatic rings. The van der Waals surface area contributed by atoms with Gasteiger partial charge in [-0.05, 0) is 61.8 Å². The normalized spacial score (nSPS) is 14.2. The molecule has 6 heteroatoms. The molecule has 1 aliphatic carbocycles. The minimum absolute atomic E-state index is 0.0464. The molecule has 1 N–H and O–H groups in total. The van der Waals surface area contributed by atoms with E-state index in [-0.39, 0.29) is 5.78 Å². The van der Waals surface area contributed by atoms with Gasteiger partial charge in [0.2, 0.25) is 0 Å². The SMILES string of the molecule is CC1=CC(=NOC(=O)Nc2ccc(C)cc2Cl)C=C(C)C1=O. The van der Waals surface area contributed by atoms with Gasteiger partial charge in [-0.15, -0.1) is 0 Å². The molecule has 2 rings (SSSR count). The van der Waals surface area contributed by atoms with E-state index in [0.717, 1.165) is 5.56 Å². The Bertz CT molecular complexity index is 709. The lowest BCUT2D eigenvalue weighted by Crippen LogP contribution is -2.14. The Morgan fingerprint density at radius 3 is 2.41 bits per heavy atom. The van der Waals surface area contributed by atoms with Crippen molar-refractivity contribution in [1.29, 1.82) is 0 Å². The smallest absolute Gasteiger partial charge is 0.297 e. The van der Waals surface area contributed by atoms with Gasteiger partial charge in [-0.25, -0.2) is 4.79 Å². The van der Waals surface area contributed by atoms with Crippen LogP contribution in [0.2, 0.25) is 5.02 Å². The first-order valence-electron chi connectivity index (χ1n) is 6.60. The second-order valence-electron chi connectivity index (χ2n) is 4.99. The van der Waals surface area contributed by atoms with Crippen molar-refractivity contribution in [2.24, 2.45) is 5.16 Å². The molecule has 0 bridgehead atoms. The van der Waals surface area contributed by atoms with E-state index in [1.54, 1.807) is 38.1 Å². The number of hydrogen-bond donors (Lipinski definition) is 1. The zero-order valence-corrected chi connectivity index (χ0v) is 13.2. The van der Waals surface area contributed by atoms with Gasteiger partial charge < -0.3 is 0 Å². The lowest BCUT2D eigenvalue weighted by Gasteiger charge is -2.09. The average molecular weight is 319 g/mol. The van der Waals surface area contributed by atoms with Crippen molar-refractivity contribution in [3.8, 4) is 0 Å². The van der Waals surface area contributed by atoms with Crippen molar-refractivity contribution in [3.05, 3.63) is 52.1 Å². The minimum Gasteiger partial charge on any atom is -0.297 e. The third-order valence-electron chi connectivity index (χ3n) is 3.04. The molecule has 114 valence electrons. The zero-order valence-electron chi connectivity index (χ0n) is 12.4. The van der Waals surface area contributed by atoms with Crippen LogP contribution in [0.4, 0.5) is 10.5 Å². The molecule has 0 saturated heterocycles. The van der Waals surface area contributed by atoms with Crippen LogP contribution in [0.25, 0.3) is 0 Å². The third-order valence-corrected chi connectivity index (χ3v) is 3.35. The summed E-state index contributed by atoms with van der Waals surface area (Å²) >= 11 is 6.01. The Morgan fingerprint density at radius 1 is 1.18 bits per heavy atom. The van der Waals surface area contributed by atoms with Crippen molar-refractivity contribution in [3.63, 3.8) is 0 Å². The second kappa shape index (κ2) is 6.58. The molecule has 0 unspecified atom stereocenters. The first-order chi connectivity index (χ1) is 10.4. The summed E-state index contributed by atoms with van der Waals surface area (Å²) in [6.45, 7) is 5.26. The van der Waals surface area contributed by atoms with Crippen molar-refractivity contribution >= 4 is 34.9 Å². The van der Waals surface area contributed by atoms with Crippen molar-refractivity contribution in [2.75, 3.05) is 5.32 Å². The number of allylic oxidation sites excluding steroid dienone is 4. The average Bonchev–Trinajstić information content (AvgIpc) is 2.45. The molecule has 0 spiro atoms. The number of halogens is 1. The summed E-state index contributed by atoms with van der Waals surface area (Å²) in [7, 11) is 0. The predicted octanol–water partition coefficient (Wildman–Crippen LogP) is 4.03. The van der Waals surface area contributed by atoms with E-state index in [0.29, 0.717) is 27.6 Å². The Balaban J connectivity index is 2.04. The van der Waals surface area contributed by atoms with Gasteiger partial charge in [0.15, 0.2) is 5.78 Å². The first kappa shape index (κ1) is 16.0. The fourth-order valence-electron chi connectivity index (χ4n) is 1.93. The Morgan fingerprint density at radius 2 is 1.82 bits per heavy atom. The number of amides is 1. The lowest BCUT2D eigenvalue weighted by molar-refractivity contribution is -0.112. The van der Waals surface area contributed by atoms with Gasteiger partial charge in [-0.2, -0.15) is 0 Å². The van der Waals surface area contributed by atoms with Gasteiger partial charge >= 0.3 is 6.09 Å². The van der Waals surface area contributed by atoms with Crippen molar-refractivity contribution in [1.82, 2.24) is 0 Å². The summed E-state index contributed by atoms with van der Waals surface area (Å²) in [5.74, 6) is -0.0464. The lowest BCUT2D eigenvalue weighted by atomic mass is 9.98. The van der Waals surface area contributed by atoms with Gasteiger partial charge in [0.1, 0.15) is 5.71 Å². The number of aryl methyl sites for hydroxylation is 1. The summed E-state index contributed by atoms with van der Waals surface area (Å²) in [5.41, 5.74) is 2.92. The van der Waals surface area contributed by atoms with Gasteiger partial charge in [0.05, 0.1) is 10.7 Å². The molecular weight excluding hydrogens is 304 g/mol. The molecule has 0 heterocycles. The monoisotopic (exact) mass is 318 g/mol. The highest BCUT2D eigenvalue weighted by molar-refractivity contribution is 6.33. The number of oxime groups is 1. The van der Waals surface area contributed by atoms with Crippen LogP contribution in [0, 0.1) is 6.92 Å². The van der Waals surface area contributed by atoms with Crippen LogP contribution in [0.5, 0.6) is 0 Å². The standard InChI is InChI=1S/C16H15ClN2O3/c1-9-4-5-14(13(17)6-9)18-16(21)22-19-12-7-10(2)15(20)11(3)8-12/h4-8H,1-3H3,(H,18,21). The van der Waals surface area contributed by atoms with E-state index in [9.17, 15) is 9.59 Å². The number of anilines is 1. The minimum atomic E-state index is -0.757. The van der Waals surface area contributed by atoms with E-state index in [2.05, 4.69) is 10.5 Å². The summed E-state index contributed by atoms with van der Waals surface area (Å²) in [4.78, 5) is 28.1. The molecule has 1 aromatic carbocycles. The van der Waals surface area contributed by atoms with Crippen LogP contribution >= 0.6 is 11.6 Å². The highest BCUT2D eigenvalue weighted by Gasteiger charge is 2.14. The van der Waals surface area contributed by atoms with Gasteiger partial charge in [-0.1, -0.05) is 22.8 Å². The quantitative estimate of drug-likeness (QED) is 0.508. The van der Waals surface area contributed by atoms with Gasteiger partial charge in [-0.3, -0.25) is 14.9 Å². The highest BCUT2D eigenvalue weighted by atomic mass is 35.5. The Labute approximate surface area is 133 Å². The van der Waals surface area contributed by atoms with E-state index in [4.69, 9.17) is 16.4 Å². The van der Waals surface area contributed by atoms with E-state index in [1.165, 1.54) is 0 Å². The molecule has 0 aliphatic heterocycles. The van der Waals surface area contributed by atoms with Gasteiger partial charge in [0.25, 0.3) is 0 Å². The number of nitrogens with one attached hydrogen (secondary N) is 1. The van der Waals surface area contributed by atoms with Gasteiger partial charge in [0, 0.05) is 0 Å².